The number of halogens is 3. The summed E-state index contributed by atoms with van der Waals surface area (Å²) in [5, 5.41) is 1.39. The van der Waals surface area contributed by atoms with E-state index in [4.69, 9.17) is 23.2 Å². The molecular formula is C11H14BrCl2NO2S. The van der Waals surface area contributed by atoms with Crippen LogP contribution in [0.5, 0.6) is 0 Å². The molecule has 0 amide bonds. The average Bonchev–Trinajstić information content (AvgIpc) is 2.28. The number of sulfonamides is 1. The van der Waals surface area contributed by atoms with E-state index >= 15 is 0 Å². The van der Waals surface area contributed by atoms with Crippen LogP contribution in [-0.2, 0) is 10.0 Å². The third kappa shape index (κ3) is 4.10. The maximum atomic E-state index is 12.4. The lowest BCUT2D eigenvalue weighted by Crippen LogP contribution is -2.32. The molecule has 0 unspecified atom stereocenters. The molecule has 7 heteroatoms. The highest BCUT2D eigenvalue weighted by molar-refractivity contribution is 9.09. The highest BCUT2D eigenvalue weighted by Crippen LogP contribution is 2.24. The molecule has 1 rings (SSSR count). The predicted octanol–water partition coefficient (Wildman–Crippen LogP) is 3.79. The molecule has 0 aliphatic heterocycles. The lowest BCUT2D eigenvalue weighted by atomic mass is 10.4. The van der Waals surface area contributed by atoms with E-state index in [1.54, 1.807) is 6.92 Å². The molecule has 0 aliphatic rings. The van der Waals surface area contributed by atoms with Crippen molar-refractivity contribution in [3.05, 3.63) is 28.2 Å². The Bertz CT molecular complexity index is 488. The van der Waals surface area contributed by atoms with Crippen LogP contribution in [0, 0.1) is 0 Å². The molecule has 0 aromatic heterocycles. The van der Waals surface area contributed by atoms with E-state index in [1.807, 2.05) is 0 Å². The van der Waals surface area contributed by atoms with Gasteiger partial charge in [-0.15, -0.1) is 0 Å². The fourth-order valence-corrected chi connectivity index (χ4v) is 3.98. The first-order valence-corrected chi connectivity index (χ1v) is 8.75. The van der Waals surface area contributed by atoms with Crippen molar-refractivity contribution in [2.24, 2.45) is 0 Å². The lowest BCUT2D eigenvalue weighted by Gasteiger charge is -2.20. The third-order valence-corrected chi connectivity index (χ3v) is 5.32. The molecule has 102 valence electrons. The Morgan fingerprint density at radius 2 is 1.78 bits per heavy atom. The molecule has 0 heterocycles. The van der Waals surface area contributed by atoms with Crippen molar-refractivity contribution in [2.45, 2.75) is 18.2 Å². The third-order valence-electron chi connectivity index (χ3n) is 2.37. The quantitative estimate of drug-likeness (QED) is 0.710. The Hall–Kier alpha value is 0.190. The summed E-state index contributed by atoms with van der Waals surface area (Å²) >= 11 is 15.0. The summed E-state index contributed by atoms with van der Waals surface area (Å²) < 4.78 is 26.1. The number of hydrogen-bond acceptors (Lipinski definition) is 2. The van der Waals surface area contributed by atoms with E-state index in [0.29, 0.717) is 23.1 Å². The van der Waals surface area contributed by atoms with Gasteiger partial charge >= 0.3 is 0 Å². The second-order valence-corrected chi connectivity index (χ2v) is 7.25. The molecule has 1 aromatic carbocycles. The summed E-state index contributed by atoms with van der Waals surface area (Å²) in [6.45, 7) is 2.69. The molecular weight excluding hydrogens is 361 g/mol. The summed E-state index contributed by atoms with van der Waals surface area (Å²) in [6, 6.07) is 4.34. The van der Waals surface area contributed by atoms with Gasteiger partial charge in [-0.05, 0) is 24.6 Å². The topological polar surface area (TPSA) is 37.4 Å². The van der Waals surface area contributed by atoms with Crippen LogP contribution in [0.4, 0.5) is 0 Å². The van der Waals surface area contributed by atoms with Gasteiger partial charge in [0.05, 0.1) is 4.90 Å². The van der Waals surface area contributed by atoms with Crippen LogP contribution >= 0.6 is 39.1 Å². The Morgan fingerprint density at radius 3 is 2.22 bits per heavy atom. The number of nitrogens with zero attached hydrogens (tertiary/aromatic N) is 1. The molecule has 0 radical (unpaired) electrons. The van der Waals surface area contributed by atoms with E-state index in [2.05, 4.69) is 15.9 Å². The van der Waals surface area contributed by atoms with Crippen LogP contribution < -0.4 is 0 Å². The Labute approximate surface area is 126 Å². The Morgan fingerprint density at radius 1 is 1.22 bits per heavy atom. The van der Waals surface area contributed by atoms with Gasteiger partial charge in [-0.25, -0.2) is 8.42 Å². The van der Waals surface area contributed by atoms with Gasteiger partial charge in [-0.3, -0.25) is 0 Å². The van der Waals surface area contributed by atoms with Gasteiger partial charge in [-0.1, -0.05) is 46.1 Å². The van der Waals surface area contributed by atoms with E-state index in [0.717, 1.165) is 11.8 Å². The van der Waals surface area contributed by atoms with Gasteiger partial charge in [-0.2, -0.15) is 4.31 Å². The molecule has 0 N–H and O–H groups in total. The summed E-state index contributed by atoms with van der Waals surface area (Å²) in [6.07, 6.45) is 0.751. The Kier molecular flexibility index (Phi) is 6.41. The summed E-state index contributed by atoms with van der Waals surface area (Å²) in [5.41, 5.74) is 0. The molecule has 0 aliphatic carbocycles. The minimum Gasteiger partial charge on any atom is -0.207 e. The first kappa shape index (κ1) is 16.2. The van der Waals surface area contributed by atoms with Gasteiger partial charge in [0.15, 0.2) is 0 Å². The largest absolute Gasteiger partial charge is 0.243 e. The second-order valence-electron chi connectivity index (χ2n) is 3.64. The molecule has 0 atom stereocenters. The molecule has 3 nitrogen and oxygen atoms in total. The normalized spacial score (nSPS) is 12.1. The van der Waals surface area contributed by atoms with Crippen LogP contribution in [-0.4, -0.2) is 31.1 Å². The van der Waals surface area contributed by atoms with E-state index in [9.17, 15) is 8.42 Å². The minimum absolute atomic E-state index is 0.136. The fourth-order valence-electron chi connectivity index (χ4n) is 1.51. The van der Waals surface area contributed by atoms with Crippen molar-refractivity contribution in [1.29, 1.82) is 0 Å². The highest BCUT2D eigenvalue weighted by atomic mass is 79.9. The number of hydrogen-bond donors (Lipinski definition) is 0. The first-order chi connectivity index (χ1) is 8.41. The van der Waals surface area contributed by atoms with Crippen molar-refractivity contribution < 1.29 is 8.42 Å². The second kappa shape index (κ2) is 7.10. The van der Waals surface area contributed by atoms with Gasteiger partial charge in [0.1, 0.15) is 0 Å². The molecule has 0 saturated carbocycles. The summed E-state index contributed by atoms with van der Waals surface area (Å²) in [5.74, 6) is 0. The monoisotopic (exact) mass is 373 g/mol. The molecule has 0 spiro atoms. The molecule has 0 fully saturated rings. The molecule has 18 heavy (non-hydrogen) atoms. The lowest BCUT2D eigenvalue weighted by molar-refractivity contribution is 0.428. The van der Waals surface area contributed by atoms with E-state index in [1.165, 1.54) is 22.5 Å². The van der Waals surface area contributed by atoms with Crippen LogP contribution in [0.2, 0.25) is 10.0 Å². The first-order valence-electron chi connectivity index (χ1n) is 5.44. The van der Waals surface area contributed by atoms with Crippen LogP contribution in [0.25, 0.3) is 0 Å². The van der Waals surface area contributed by atoms with E-state index in [-0.39, 0.29) is 4.90 Å². The van der Waals surface area contributed by atoms with Crippen LogP contribution in [0.3, 0.4) is 0 Å². The maximum absolute atomic E-state index is 12.4. The zero-order valence-electron chi connectivity index (χ0n) is 9.87. The summed E-state index contributed by atoms with van der Waals surface area (Å²) in [7, 11) is -3.52. The highest BCUT2D eigenvalue weighted by Gasteiger charge is 2.23. The van der Waals surface area contributed by atoms with Crippen molar-refractivity contribution in [3.8, 4) is 0 Å². The van der Waals surface area contributed by atoms with Crippen molar-refractivity contribution in [3.63, 3.8) is 0 Å². The molecule has 0 saturated heterocycles. The predicted molar refractivity (Wildman–Crippen MR) is 79.3 cm³/mol. The van der Waals surface area contributed by atoms with E-state index < -0.39 is 10.0 Å². The summed E-state index contributed by atoms with van der Waals surface area (Å²) in [4.78, 5) is 0.136. The SMILES string of the molecule is CCN(CCCBr)S(=O)(=O)c1cc(Cl)cc(Cl)c1. The zero-order chi connectivity index (χ0) is 13.8. The van der Waals surface area contributed by atoms with Crippen LogP contribution in [0.1, 0.15) is 13.3 Å². The number of benzene rings is 1. The zero-order valence-corrected chi connectivity index (χ0v) is 13.8. The van der Waals surface area contributed by atoms with Gasteiger partial charge in [0.25, 0.3) is 0 Å². The fraction of sp³-hybridized carbons (Fsp3) is 0.455. The smallest absolute Gasteiger partial charge is 0.207 e. The Balaban J connectivity index is 3.10. The average molecular weight is 375 g/mol. The molecule has 0 bridgehead atoms. The minimum atomic E-state index is -3.52. The van der Waals surface area contributed by atoms with Crippen molar-refractivity contribution in [1.82, 2.24) is 4.31 Å². The van der Waals surface area contributed by atoms with Gasteiger partial charge in [0, 0.05) is 28.5 Å². The number of alkyl halides is 1. The standard InChI is InChI=1S/C11H14BrCl2NO2S/c1-2-15(5-3-4-12)18(16,17)11-7-9(13)6-10(14)8-11/h6-8H,2-5H2,1H3. The van der Waals surface area contributed by atoms with Gasteiger partial charge < -0.3 is 0 Å². The maximum Gasteiger partial charge on any atom is 0.243 e. The van der Waals surface area contributed by atoms with Gasteiger partial charge in [0.2, 0.25) is 10.0 Å². The van der Waals surface area contributed by atoms with Crippen LogP contribution in [0.15, 0.2) is 23.1 Å². The number of rotatable bonds is 6. The van der Waals surface area contributed by atoms with Crippen molar-refractivity contribution >= 4 is 49.2 Å². The molecule has 1 aromatic rings. The van der Waals surface area contributed by atoms with Crippen molar-refractivity contribution in [2.75, 3.05) is 18.4 Å².